The molecule has 0 bridgehead atoms. The predicted octanol–water partition coefficient (Wildman–Crippen LogP) is 2.14. The van der Waals surface area contributed by atoms with Gasteiger partial charge >= 0.3 is 5.97 Å². The van der Waals surface area contributed by atoms with E-state index in [1.54, 1.807) is 6.92 Å². The second-order valence-corrected chi connectivity index (χ2v) is 9.88. The van der Waals surface area contributed by atoms with E-state index in [0.29, 0.717) is 18.8 Å². The minimum absolute atomic E-state index is 0.00118. The van der Waals surface area contributed by atoms with Gasteiger partial charge in [0.15, 0.2) is 0 Å². The molecule has 0 aromatic carbocycles. The van der Waals surface area contributed by atoms with Crippen molar-refractivity contribution < 1.29 is 24.9 Å². The van der Waals surface area contributed by atoms with E-state index in [9.17, 15) is 20.1 Å². The van der Waals surface area contributed by atoms with Crippen LogP contribution in [0.3, 0.4) is 0 Å². The number of hydrogen-bond donors (Lipinski definition) is 3. The average molecular weight is 388 g/mol. The van der Waals surface area contributed by atoms with Gasteiger partial charge in [-0.2, -0.15) is 0 Å². The smallest absolute Gasteiger partial charge is 0.305 e. The van der Waals surface area contributed by atoms with Crippen LogP contribution < -0.4 is 0 Å². The van der Waals surface area contributed by atoms with Crippen molar-refractivity contribution in [1.82, 2.24) is 0 Å². The lowest BCUT2D eigenvalue weighted by atomic mass is 9.47. The maximum atomic E-state index is 12.0. The quantitative estimate of drug-likeness (QED) is 0.392. The van der Waals surface area contributed by atoms with Gasteiger partial charge in [-0.05, 0) is 61.1 Å². The lowest BCUT2D eigenvalue weighted by Gasteiger charge is -2.59. The van der Waals surface area contributed by atoms with Crippen molar-refractivity contribution in [3.63, 3.8) is 0 Å². The van der Waals surface area contributed by atoms with Gasteiger partial charge in [-0.25, -0.2) is 0 Å². The molecule has 2 radical (unpaired) electrons. The molecule has 0 aliphatic heterocycles. The number of aliphatic hydroxyl groups is 3. The van der Waals surface area contributed by atoms with Gasteiger partial charge in [-0.3, -0.25) is 4.79 Å². The Labute approximate surface area is 168 Å². The molecule has 0 heterocycles. The van der Waals surface area contributed by atoms with Crippen molar-refractivity contribution in [2.75, 3.05) is 6.61 Å². The Balaban J connectivity index is 1.70. The molecule has 3 N–H and O–H groups in total. The molecule has 154 valence electrons. The van der Waals surface area contributed by atoms with E-state index in [2.05, 4.69) is 6.92 Å². The molecule has 0 amide bonds. The van der Waals surface area contributed by atoms with Gasteiger partial charge in [-0.1, -0.05) is 31.9 Å². The number of carbonyl (C=O) groups excluding carboxylic acids is 1. The summed E-state index contributed by atoms with van der Waals surface area (Å²) < 4.78 is 5.74. The molecule has 3 saturated carbocycles. The fraction of sp³-hybridized carbons (Fsp3) is 0.864. The molecule has 4 aliphatic rings. The van der Waals surface area contributed by atoms with Crippen molar-refractivity contribution in [2.24, 2.45) is 28.6 Å². The van der Waals surface area contributed by atoms with Gasteiger partial charge in [0, 0.05) is 11.8 Å². The van der Waals surface area contributed by atoms with E-state index in [4.69, 9.17) is 12.6 Å². The van der Waals surface area contributed by atoms with Crippen LogP contribution in [0.5, 0.6) is 0 Å². The fourth-order valence-corrected chi connectivity index (χ4v) is 7.20. The molecule has 0 saturated heterocycles. The van der Waals surface area contributed by atoms with E-state index >= 15 is 0 Å². The molecule has 3 fully saturated rings. The van der Waals surface area contributed by atoms with Gasteiger partial charge in [0.2, 0.25) is 0 Å². The van der Waals surface area contributed by atoms with E-state index in [1.165, 1.54) is 5.57 Å². The Morgan fingerprint density at radius 3 is 2.71 bits per heavy atom. The molecular formula is C22H33BO5. The SMILES string of the molecule is [B][C@@H]1CC2C3C(CC[C@]2(CO)[C@H]1OC(=O)CC)[C@@]1(C)CC[C@H](O)CC1=C[C@@H]3O. The lowest BCUT2D eigenvalue weighted by molar-refractivity contribution is -0.169. The molecule has 9 atom stereocenters. The number of ether oxygens (including phenoxy) is 1. The minimum Gasteiger partial charge on any atom is -0.462 e. The summed E-state index contributed by atoms with van der Waals surface area (Å²) in [6.45, 7) is 3.97. The van der Waals surface area contributed by atoms with Crippen LogP contribution >= 0.6 is 0 Å². The van der Waals surface area contributed by atoms with Crippen LogP contribution in [0.2, 0.25) is 5.82 Å². The fourth-order valence-electron chi connectivity index (χ4n) is 7.20. The topological polar surface area (TPSA) is 87.0 Å². The Bertz CT molecular complexity index is 665. The zero-order chi connectivity index (χ0) is 20.3. The lowest BCUT2D eigenvalue weighted by Crippen LogP contribution is -2.57. The van der Waals surface area contributed by atoms with Crippen LogP contribution in [0.15, 0.2) is 11.6 Å². The van der Waals surface area contributed by atoms with E-state index < -0.39 is 17.6 Å². The van der Waals surface area contributed by atoms with Gasteiger partial charge in [0.05, 0.1) is 26.7 Å². The zero-order valence-electron chi connectivity index (χ0n) is 17.0. The standard InChI is InChI=1S/C22H33BO5/c1-3-18(27)28-20-16(23)10-15-19-14(5-7-22(15,20)11-24)21(2)6-4-13(25)8-12(21)9-17(19)26/h9,13-17,19-20,24-26H,3-8,10-11H2,1-2H3/t13-,14?,15?,16+,17-,19?,20-,21-,22+/m0/s1. The summed E-state index contributed by atoms with van der Waals surface area (Å²) >= 11 is 0. The molecule has 4 aliphatic carbocycles. The van der Waals surface area contributed by atoms with Crippen LogP contribution in [-0.4, -0.2) is 54.1 Å². The number of aliphatic hydroxyl groups excluding tert-OH is 3. The highest BCUT2D eigenvalue weighted by molar-refractivity contribution is 6.12. The third-order valence-electron chi connectivity index (χ3n) is 8.68. The van der Waals surface area contributed by atoms with Crippen molar-refractivity contribution >= 4 is 13.8 Å². The molecule has 0 spiro atoms. The van der Waals surface area contributed by atoms with E-state index in [1.807, 2.05) is 6.08 Å². The minimum atomic E-state index is -0.609. The highest BCUT2D eigenvalue weighted by Crippen LogP contribution is 2.66. The predicted molar refractivity (Wildman–Crippen MR) is 106 cm³/mol. The van der Waals surface area contributed by atoms with E-state index in [0.717, 1.165) is 25.7 Å². The first-order valence-corrected chi connectivity index (χ1v) is 10.9. The second kappa shape index (κ2) is 7.14. The largest absolute Gasteiger partial charge is 0.462 e. The molecule has 5 nitrogen and oxygen atoms in total. The number of carbonyl (C=O) groups is 1. The van der Waals surface area contributed by atoms with Gasteiger partial charge in [-0.15, -0.1) is 0 Å². The highest BCUT2D eigenvalue weighted by Gasteiger charge is 2.64. The average Bonchev–Trinajstić information content (AvgIpc) is 2.95. The summed E-state index contributed by atoms with van der Waals surface area (Å²) in [5.41, 5.74) is 0.600. The molecule has 4 rings (SSSR count). The first kappa shape index (κ1) is 20.4. The summed E-state index contributed by atoms with van der Waals surface area (Å²) in [5.74, 6) is -0.272. The number of fused-ring (bicyclic) bond motifs is 5. The summed E-state index contributed by atoms with van der Waals surface area (Å²) in [6, 6.07) is 0. The first-order valence-electron chi connectivity index (χ1n) is 10.9. The molecule has 28 heavy (non-hydrogen) atoms. The summed E-state index contributed by atoms with van der Waals surface area (Å²) in [4.78, 5) is 12.0. The van der Waals surface area contributed by atoms with Gasteiger partial charge < -0.3 is 20.1 Å². The second-order valence-electron chi connectivity index (χ2n) is 9.88. The third-order valence-corrected chi connectivity index (χ3v) is 8.68. The maximum Gasteiger partial charge on any atom is 0.305 e. The van der Waals surface area contributed by atoms with Crippen LogP contribution in [0, 0.1) is 28.6 Å². The third kappa shape index (κ3) is 2.82. The summed E-state index contributed by atoms with van der Waals surface area (Å²) in [6.07, 6.45) is 5.47. The molecule has 0 aromatic heterocycles. The van der Waals surface area contributed by atoms with Gasteiger partial charge in [0.1, 0.15) is 6.10 Å². The first-order chi connectivity index (χ1) is 13.3. The van der Waals surface area contributed by atoms with Crippen LogP contribution in [-0.2, 0) is 9.53 Å². The van der Waals surface area contributed by atoms with Crippen molar-refractivity contribution in [2.45, 2.75) is 82.9 Å². The Morgan fingerprint density at radius 2 is 2.04 bits per heavy atom. The maximum absolute atomic E-state index is 12.0. The number of esters is 1. The highest BCUT2D eigenvalue weighted by atomic mass is 16.5. The molecule has 0 aromatic rings. The van der Waals surface area contributed by atoms with Crippen LogP contribution in [0.25, 0.3) is 0 Å². The van der Waals surface area contributed by atoms with Crippen LogP contribution in [0.4, 0.5) is 0 Å². The molecular weight excluding hydrogens is 355 g/mol. The summed E-state index contributed by atoms with van der Waals surface area (Å²) in [5, 5.41) is 31.7. The zero-order valence-corrected chi connectivity index (χ0v) is 17.0. The Morgan fingerprint density at radius 1 is 1.29 bits per heavy atom. The summed E-state index contributed by atoms with van der Waals surface area (Å²) in [7, 11) is 6.43. The number of rotatable bonds is 3. The van der Waals surface area contributed by atoms with Crippen molar-refractivity contribution in [3.8, 4) is 0 Å². The monoisotopic (exact) mass is 388 g/mol. The van der Waals surface area contributed by atoms with Crippen molar-refractivity contribution in [3.05, 3.63) is 11.6 Å². The normalized spacial score (nSPS) is 50.2. The van der Waals surface area contributed by atoms with Crippen LogP contribution in [0.1, 0.15) is 58.8 Å². The van der Waals surface area contributed by atoms with Gasteiger partial charge in [0.25, 0.3) is 0 Å². The van der Waals surface area contributed by atoms with E-state index in [-0.39, 0.29) is 48.2 Å². The Kier molecular flexibility index (Phi) is 5.21. The van der Waals surface area contributed by atoms with Crippen molar-refractivity contribution in [1.29, 1.82) is 0 Å². The number of hydrogen-bond acceptors (Lipinski definition) is 5. The molecule has 3 unspecified atom stereocenters. The Hall–Kier alpha value is -0.845. The molecule has 6 heteroatoms.